The van der Waals surface area contributed by atoms with Crippen molar-refractivity contribution in [3.8, 4) is 0 Å². The van der Waals surface area contributed by atoms with Crippen LogP contribution in [0.2, 0.25) is 18.1 Å². The fourth-order valence-corrected chi connectivity index (χ4v) is 15.1. The van der Waals surface area contributed by atoms with Crippen LogP contribution in [-0.4, -0.2) is 29.2 Å². The molecular formula is C27H34OSi2. The second-order valence-electron chi connectivity index (χ2n) is 8.62. The molecule has 1 aliphatic rings. The van der Waals surface area contributed by atoms with Crippen molar-refractivity contribution in [1.29, 1.82) is 0 Å². The van der Waals surface area contributed by atoms with Crippen molar-refractivity contribution in [2.24, 2.45) is 0 Å². The first kappa shape index (κ1) is 21.3. The predicted molar refractivity (Wildman–Crippen MR) is 135 cm³/mol. The Balaban J connectivity index is 1.76. The summed E-state index contributed by atoms with van der Waals surface area (Å²) < 4.78 is 6.29. The molecule has 3 heteroatoms. The molecule has 0 bridgehead atoms. The van der Waals surface area contributed by atoms with Crippen molar-refractivity contribution in [2.75, 3.05) is 6.61 Å². The fraction of sp³-hybridized carbons (Fsp3) is 0.333. The van der Waals surface area contributed by atoms with E-state index in [0.29, 0.717) is 5.73 Å². The van der Waals surface area contributed by atoms with Gasteiger partial charge < -0.3 is 4.74 Å². The van der Waals surface area contributed by atoms with E-state index < -0.39 is 16.9 Å². The number of hydrogen-bond acceptors (Lipinski definition) is 1. The molecule has 2 atom stereocenters. The third-order valence-electron chi connectivity index (χ3n) is 6.95. The molecule has 1 aliphatic heterocycles. The third kappa shape index (κ3) is 4.53. The molecule has 1 saturated heterocycles. The van der Waals surface area contributed by atoms with Crippen LogP contribution in [0.4, 0.5) is 0 Å². The Morgan fingerprint density at radius 3 is 1.67 bits per heavy atom. The van der Waals surface area contributed by atoms with Crippen LogP contribution in [0.25, 0.3) is 0 Å². The third-order valence-corrected chi connectivity index (χ3v) is 16.2. The van der Waals surface area contributed by atoms with Crippen molar-refractivity contribution in [3.63, 3.8) is 0 Å². The van der Waals surface area contributed by atoms with Gasteiger partial charge in [-0.25, -0.2) is 0 Å². The topological polar surface area (TPSA) is 9.23 Å². The normalized spacial score (nSPS) is 18.1. The molecule has 0 aliphatic carbocycles. The highest BCUT2D eigenvalue weighted by Gasteiger charge is 2.40. The summed E-state index contributed by atoms with van der Waals surface area (Å²) in [5.41, 5.74) is 0.581. The second-order valence-corrected chi connectivity index (χ2v) is 16.3. The summed E-state index contributed by atoms with van der Waals surface area (Å²) in [6.07, 6.45) is 3.89. The monoisotopic (exact) mass is 430 g/mol. The number of benzene rings is 3. The molecule has 2 unspecified atom stereocenters. The number of rotatable bonds is 8. The lowest BCUT2D eigenvalue weighted by Gasteiger charge is -2.36. The van der Waals surface area contributed by atoms with E-state index in [4.69, 9.17) is 4.74 Å². The Morgan fingerprint density at radius 1 is 0.767 bits per heavy atom. The highest BCUT2D eigenvalue weighted by molar-refractivity contribution is 7.11. The molecule has 0 saturated carbocycles. The molecule has 1 nitrogen and oxygen atoms in total. The van der Waals surface area contributed by atoms with Crippen LogP contribution >= 0.6 is 0 Å². The number of ether oxygens (including phenoxy) is 1. The van der Waals surface area contributed by atoms with E-state index in [1.54, 1.807) is 0 Å². The average molecular weight is 431 g/mol. The predicted octanol–water partition coefficient (Wildman–Crippen LogP) is 4.51. The molecule has 30 heavy (non-hydrogen) atoms. The lowest BCUT2D eigenvalue weighted by Crippen LogP contribution is -2.67. The minimum absolute atomic E-state index is 0.581. The van der Waals surface area contributed by atoms with Gasteiger partial charge in [0.15, 0.2) is 0 Å². The SMILES string of the molecule is CC[SiH](CC[Si](c1ccccc1)(c1ccccc1)c1ccccc1)C1CCCCO1. The lowest BCUT2D eigenvalue weighted by molar-refractivity contribution is 0.0622. The molecule has 0 radical (unpaired) electrons. The second kappa shape index (κ2) is 10.4. The van der Waals surface area contributed by atoms with Gasteiger partial charge in [-0.3, -0.25) is 0 Å². The summed E-state index contributed by atoms with van der Waals surface area (Å²) >= 11 is 0. The summed E-state index contributed by atoms with van der Waals surface area (Å²) in [4.78, 5) is 0. The molecule has 3 aromatic carbocycles. The Morgan fingerprint density at radius 2 is 1.27 bits per heavy atom. The van der Waals surface area contributed by atoms with Crippen LogP contribution in [-0.2, 0) is 4.74 Å². The van der Waals surface area contributed by atoms with Crippen LogP contribution in [0, 0.1) is 0 Å². The van der Waals surface area contributed by atoms with Crippen LogP contribution in [0.1, 0.15) is 26.2 Å². The highest BCUT2D eigenvalue weighted by atomic mass is 28.3. The summed E-state index contributed by atoms with van der Waals surface area (Å²) in [5, 5.41) is 4.61. The molecule has 3 aromatic rings. The largest absolute Gasteiger partial charge is 0.382 e. The van der Waals surface area contributed by atoms with Gasteiger partial charge in [0.05, 0.1) is 8.80 Å². The van der Waals surface area contributed by atoms with Gasteiger partial charge in [0.25, 0.3) is 0 Å². The maximum atomic E-state index is 6.29. The van der Waals surface area contributed by atoms with Gasteiger partial charge in [0, 0.05) is 12.3 Å². The molecule has 4 rings (SSSR count). The highest BCUT2D eigenvalue weighted by Crippen LogP contribution is 2.24. The van der Waals surface area contributed by atoms with Gasteiger partial charge in [-0.1, -0.05) is 110 Å². The van der Waals surface area contributed by atoms with Gasteiger partial charge in [0.2, 0.25) is 0 Å². The van der Waals surface area contributed by atoms with E-state index in [1.165, 1.54) is 53.0 Å². The average Bonchev–Trinajstić information content (AvgIpc) is 2.84. The zero-order valence-corrected chi connectivity index (χ0v) is 20.3. The first-order chi connectivity index (χ1) is 14.8. The zero-order chi connectivity index (χ0) is 20.7. The molecule has 0 N–H and O–H groups in total. The smallest absolute Gasteiger partial charge is 0.148 e. The molecule has 0 aromatic heterocycles. The maximum Gasteiger partial charge on any atom is 0.148 e. The van der Waals surface area contributed by atoms with Crippen LogP contribution in [0.5, 0.6) is 0 Å². The van der Waals surface area contributed by atoms with Crippen LogP contribution < -0.4 is 15.6 Å². The van der Waals surface area contributed by atoms with Gasteiger partial charge in [-0.05, 0) is 40.9 Å². The first-order valence-electron chi connectivity index (χ1n) is 11.6. The van der Waals surface area contributed by atoms with E-state index >= 15 is 0 Å². The van der Waals surface area contributed by atoms with Crippen molar-refractivity contribution in [2.45, 2.75) is 50.0 Å². The summed E-state index contributed by atoms with van der Waals surface area (Å²) in [7, 11) is -3.04. The molecule has 0 spiro atoms. The van der Waals surface area contributed by atoms with Crippen LogP contribution in [0.3, 0.4) is 0 Å². The quantitative estimate of drug-likeness (QED) is 0.377. The van der Waals surface area contributed by atoms with Crippen molar-refractivity contribution in [1.82, 2.24) is 0 Å². The molecule has 1 fully saturated rings. The standard InChI is InChI=1S/C27H34OSi2/c1-2-29(27-20-12-13-21-28-27)22-23-30(24-14-6-3-7-15-24,25-16-8-4-9-17-25)26-18-10-5-11-19-26/h3-11,14-19,27,29H,2,12-13,20-23H2,1H3. The summed E-state index contributed by atoms with van der Waals surface area (Å²) in [6.45, 7) is 3.39. The first-order valence-corrected chi connectivity index (χ1v) is 16.1. The van der Waals surface area contributed by atoms with Crippen molar-refractivity contribution < 1.29 is 4.74 Å². The van der Waals surface area contributed by atoms with Crippen molar-refractivity contribution in [3.05, 3.63) is 91.0 Å². The van der Waals surface area contributed by atoms with Gasteiger partial charge in [0.1, 0.15) is 8.07 Å². The van der Waals surface area contributed by atoms with Crippen molar-refractivity contribution >= 4 is 32.4 Å². The zero-order valence-electron chi connectivity index (χ0n) is 18.2. The Hall–Kier alpha value is -1.95. The number of hydrogen-bond donors (Lipinski definition) is 0. The van der Waals surface area contributed by atoms with Gasteiger partial charge >= 0.3 is 0 Å². The Kier molecular flexibility index (Phi) is 7.37. The Bertz CT molecular complexity index is 780. The molecule has 1 heterocycles. The molecule has 0 amide bonds. The lowest BCUT2D eigenvalue weighted by atomic mass is 10.2. The molecule has 156 valence electrons. The molecular weight excluding hydrogens is 396 g/mol. The van der Waals surface area contributed by atoms with E-state index in [2.05, 4.69) is 97.9 Å². The maximum absolute atomic E-state index is 6.29. The van der Waals surface area contributed by atoms with Gasteiger partial charge in [-0.2, -0.15) is 0 Å². The van der Waals surface area contributed by atoms with E-state index in [0.717, 1.165) is 6.61 Å². The Labute approximate surface area is 184 Å². The fourth-order valence-electron chi connectivity index (χ4n) is 5.29. The minimum atomic E-state index is -2.09. The van der Waals surface area contributed by atoms with Gasteiger partial charge in [-0.15, -0.1) is 0 Å². The minimum Gasteiger partial charge on any atom is -0.382 e. The van der Waals surface area contributed by atoms with E-state index in [9.17, 15) is 0 Å². The summed E-state index contributed by atoms with van der Waals surface area (Å²) in [5.74, 6) is 0. The van der Waals surface area contributed by atoms with Crippen LogP contribution in [0.15, 0.2) is 91.0 Å². The van der Waals surface area contributed by atoms with E-state index in [-0.39, 0.29) is 0 Å². The van der Waals surface area contributed by atoms with E-state index in [1.807, 2.05) is 0 Å². The summed E-state index contributed by atoms with van der Waals surface area (Å²) in [6, 6.07) is 38.1.